The molecular formula is C53H56BN3. The molecule has 6 aromatic carbocycles. The molecule has 3 nitrogen and oxygen atoms in total. The minimum absolute atomic E-state index is 0.000658. The summed E-state index contributed by atoms with van der Waals surface area (Å²) in [5.41, 5.74) is 19.0. The summed E-state index contributed by atoms with van der Waals surface area (Å²) >= 11 is 0. The highest BCUT2D eigenvalue weighted by atomic mass is 15.2. The summed E-state index contributed by atoms with van der Waals surface area (Å²) in [5.74, 6) is 0. The Morgan fingerprint density at radius 1 is 0.421 bits per heavy atom. The molecule has 57 heavy (non-hydrogen) atoms. The molecule has 0 aromatic heterocycles. The van der Waals surface area contributed by atoms with Gasteiger partial charge in [0, 0.05) is 34.1 Å². The van der Waals surface area contributed by atoms with Gasteiger partial charge < -0.3 is 9.80 Å². The van der Waals surface area contributed by atoms with Gasteiger partial charge in [-0.25, -0.2) is 0 Å². The Bertz CT molecular complexity index is 2410. The highest BCUT2D eigenvalue weighted by Crippen LogP contribution is 2.47. The van der Waals surface area contributed by atoms with Gasteiger partial charge in [0.15, 0.2) is 0 Å². The van der Waals surface area contributed by atoms with Gasteiger partial charge in [0.25, 0.3) is 6.71 Å². The zero-order chi connectivity index (χ0) is 40.8. The summed E-state index contributed by atoms with van der Waals surface area (Å²) in [6.07, 6.45) is 0. The van der Waals surface area contributed by atoms with E-state index in [1.54, 1.807) is 0 Å². The molecule has 0 amide bonds. The Kier molecular flexibility index (Phi) is 8.93. The van der Waals surface area contributed by atoms with Gasteiger partial charge in [-0.05, 0) is 132 Å². The number of hydrogen-bond acceptors (Lipinski definition) is 3. The predicted octanol–water partition coefficient (Wildman–Crippen LogP) is 12.5. The van der Waals surface area contributed by atoms with Crippen molar-refractivity contribution < 1.29 is 0 Å². The molecule has 2 aliphatic heterocycles. The van der Waals surface area contributed by atoms with Crippen LogP contribution in [0, 0.1) is 11.3 Å². The number of fused-ring (bicyclic) bond motifs is 4. The zero-order valence-corrected chi connectivity index (χ0v) is 36.0. The van der Waals surface area contributed by atoms with Crippen LogP contribution in [-0.4, -0.2) is 6.71 Å². The third kappa shape index (κ3) is 6.76. The Morgan fingerprint density at radius 2 is 0.825 bits per heavy atom. The van der Waals surface area contributed by atoms with E-state index < -0.39 is 0 Å². The summed E-state index contributed by atoms with van der Waals surface area (Å²) < 4.78 is 0. The number of rotatable bonds is 3. The molecule has 4 heteroatoms. The van der Waals surface area contributed by atoms with E-state index in [0.717, 1.165) is 33.9 Å². The quantitative estimate of drug-likeness (QED) is 0.169. The smallest absolute Gasteiger partial charge is 0.252 e. The summed E-state index contributed by atoms with van der Waals surface area (Å²) in [7, 11) is 0. The average molecular weight is 746 g/mol. The first kappa shape index (κ1) is 38.4. The van der Waals surface area contributed by atoms with E-state index in [2.05, 4.69) is 202 Å². The van der Waals surface area contributed by atoms with Gasteiger partial charge in [0.05, 0.1) is 11.6 Å². The highest BCUT2D eigenvalue weighted by Gasteiger charge is 2.44. The standard InChI is InChI=1S/C53H56BN3/c1-50(2,3)37-16-22-41(23-17-37)56-45-26-20-39(52(7,8)9)31-43(45)54-44-32-40(53(10,11)12)21-27-46(44)57(42-24-18-38(19-25-42)51(4,5)6)48-30-36(29-47(56)49(48)54)35-15-13-14-34(28-35)33-55/h13-32H,1-12H3. The first-order valence-corrected chi connectivity index (χ1v) is 20.5. The second kappa shape index (κ2) is 13.3. The van der Waals surface area contributed by atoms with Gasteiger partial charge in [-0.1, -0.05) is 144 Å². The molecule has 0 saturated heterocycles. The molecule has 2 aliphatic rings. The normalized spacial score (nSPS) is 13.8. The summed E-state index contributed by atoms with van der Waals surface area (Å²) in [4.78, 5) is 5.00. The maximum absolute atomic E-state index is 10.00. The summed E-state index contributed by atoms with van der Waals surface area (Å²) in [5, 5.41) is 10.00. The van der Waals surface area contributed by atoms with Gasteiger partial charge >= 0.3 is 0 Å². The fourth-order valence-electron chi connectivity index (χ4n) is 8.65. The van der Waals surface area contributed by atoms with Gasteiger partial charge in [0.2, 0.25) is 0 Å². The van der Waals surface area contributed by atoms with Crippen LogP contribution in [-0.2, 0) is 21.7 Å². The Balaban J connectivity index is 1.51. The lowest BCUT2D eigenvalue weighted by Gasteiger charge is -2.45. The lowest BCUT2D eigenvalue weighted by atomic mass is 9.33. The molecule has 2 heterocycles. The van der Waals surface area contributed by atoms with E-state index in [1.165, 1.54) is 50.0 Å². The molecule has 0 spiro atoms. The fraction of sp³-hybridized carbons (Fsp3) is 0.302. The molecule has 286 valence electrons. The summed E-state index contributed by atoms with van der Waals surface area (Å²) in [6, 6.07) is 48.0. The highest BCUT2D eigenvalue weighted by molar-refractivity contribution is 7.00. The van der Waals surface area contributed by atoms with Crippen LogP contribution in [0.1, 0.15) is 111 Å². The van der Waals surface area contributed by atoms with Crippen molar-refractivity contribution in [3.05, 3.63) is 149 Å². The molecule has 0 aliphatic carbocycles. The first-order valence-electron chi connectivity index (χ1n) is 20.5. The van der Waals surface area contributed by atoms with E-state index in [-0.39, 0.29) is 28.4 Å². The Morgan fingerprint density at radius 3 is 1.21 bits per heavy atom. The Labute approximate surface area is 342 Å². The van der Waals surface area contributed by atoms with Crippen LogP contribution >= 0.6 is 0 Å². The third-order valence-corrected chi connectivity index (χ3v) is 12.1. The van der Waals surface area contributed by atoms with Crippen LogP contribution in [0.5, 0.6) is 0 Å². The van der Waals surface area contributed by atoms with Crippen molar-refractivity contribution in [2.75, 3.05) is 9.80 Å². The van der Waals surface area contributed by atoms with E-state index in [1.807, 2.05) is 18.2 Å². The van der Waals surface area contributed by atoms with E-state index in [0.29, 0.717) is 5.56 Å². The summed E-state index contributed by atoms with van der Waals surface area (Å²) in [6.45, 7) is 27.6. The lowest BCUT2D eigenvalue weighted by Crippen LogP contribution is -2.61. The molecule has 0 fully saturated rings. The van der Waals surface area contributed by atoms with Crippen molar-refractivity contribution in [1.29, 1.82) is 5.26 Å². The van der Waals surface area contributed by atoms with Crippen LogP contribution in [0.15, 0.2) is 121 Å². The minimum Gasteiger partial charge on any atom is -0.311 e. The van der Waals surface area contributed by atoms with Crippen molar-refractivity contribution in [2.45, 2.75) is 105 Å². The van der Waals surface area contributed by atoms with Crippen molar-refractivity contribution in [2.24, 2.45) is 0 Å². The van der Waals surface area contributed by atoms with Gasteiger partial charge in [-0.2, -0.15) is 5.26 Å². The zero-order valence-electron chi connectivity index (χ0n) is 36.0. The van der Waals surface area contributed by atoms with Crippen molar-refractivity contribution in [3.8, 4) is 17.2 Å². The minimum atomic E-state index is -0.0292. The number of hydrogen-bond donors (Lipinski definition) is 0. The van der Waals surface area contributed by atoms with E-state index >= 15 is 0 Å². The number of benzene rings is 6. The van der Waals surface area contributed by atoms with E-state index in [4.69, 9.17) is 0 Å². The largest absolute Gasteiger partial charge is 0.311 e. The lowest BCUT2D eigenvalue weighted by molar-refractivity contribution is 0.590. The van der Waals surface area contributed by atoms with Crippen molar-refractivity contribution in [3.63, 3.8) is 0 Å². The molecule has 6 aromatic rings. The monoisotopic (exact) mass is 745 g/mol. The van der Waals surface area contributed by atoms with Crippen LogP contribution < -0.4 is 26.2 Å². The van der Waals surface area contributed by atoms with Crippen molar-refractivity contribution >= 4 is 57.2 Å². The second-order valence-corrected chi connectivity index (χ2v) is 20.4. The molecule has 0 saturated carbocycles. The molecule has 0 bridgehead atoms. The topological polar surface area (TPSA) is 30.3 Å². The SMILES string of the molecule is CC(C)(C)c1ccc(N2c3ccc(C(C)(C)C)cc3B3c4cc(C(C)(C)C)ccc4N(c4ccc(C(C)(C)C)cc4)c4cc(-c5cccc(C#N)c5)cc2c43)cc1. The molecule has 0 atom stereocenters. The van der Waals surface area contributed by atoms with Gasteiger partial charge in [-0.15, -0.1) is 0 Å². The average Bonchev–Trinajstić information content (AvgIpc) is 3.16. The van der Waals surface area contributed by atoms with Crippen LogP contribution in [0.25, 0.3) is 11.1 Å². The fourth-order valence-corrected chi connectivity index (χ4v) is 8.65. The number of nitrogens with zero attached hydrogens (tertiary/aromatic N) is 3. The van der Waals surface area contributed by atoms with Gasteiger partial charge in [-0.3, -0.25) is 0 Å². The second-order valence-electron chi connectivity index (χ2n) is 20.4. The number of anilines is 6. The molecule has 0 N–H and O–H groups in total. The predicted molar refractivity (Wildman–Crippen MR) is 245 cm³/mol. The van der Waals surface area contributed by atoms with Gasteiger partial charge in [0.1, 0.15) is 0 Å². The molecule has 0 radical (unpaired) electrons. The maximum Gasteiger partial charge on any atom is 0.252 e. The van der Waals surface area contributed by atoms with Crippen LogP contribution in [0.4, 0.5) is 34.1 Å². The van der Waals surface area contributed by atoms with Crippen LogP contribution in [0.2, 0.25) is 0 Å². The molecule has 0 unspecified atom stereocenters. The molecule has 8 rings (SSSR count). The Hall–Kier alpha value is -5.53. The first-order chi connectivity index (χ1) is 26.7. The molecular weight excluding hydrogens is 689 g/mol. The third-order valence-electron chi connectivity index (χ3n) is 12.1. The van der Waals surface area contributed by atoms with E-state index in [9.17, 15) is 5.26 Å². The number of nitriles is 1. The van der Waals surface area contributed by atoms with Crippen molar-refractivity contribution in [1.82, 2.24) is 0 Å². The maximum atomic E-state index is 10.00. The van der Waals surface area contributed by atoms with Crippen LogP contribution in [0.3, 0.4) is 0 Å².